The summed E-state index contributed by atoms with van der Waals surface area (Å²) in [6, 6.07) is 20.3. The number of fused-ring (bicyclic) bond motifs is 1. The molecule has 128 valence electrons. The number of benzene rings is 3. The first-order chi connectivity index (χ1) is 12.5. The van der Waals surface area contributed by atoms with Crippen LogP contribution in [0, 0.1) is 21.4 Å². The molecule has 26 heavy (non-hydrogen) atoms. The maximum absolute atomic E-state index is 10.8. The maximum atomic E-state index is 10.8. The van der Waals surface area contributed by atoms with Gasteiger partial charge in [0, 0.05) is 37.3 Å². The predicted molar refractivity (Wildman–Crippen MR) is 105 cm³/mol. The number of allylic oxidation sites excluding steroid dienone is 1. The molecule has 0 spiro atoms. The first-order valence-corrected chi connectivity index (χ1v) is 8.07. The standard InChI is InChI=1S/C21H17N3O2/c1-23(2)21-12-9-16(19-5-3-4-6-20(19)21)13-17(14-22)15-7-10-18(11-8-15)24(25)26/h3-13H,1-2H3/b17-13-. The topological polar surface area (TPSA) is 70.2 Å². The van der Waals surface area contributed by atoms with Gasteiger partial charge in [-0.1, -0.05) is 30.3 Å². The summed E-state index contributed by atoms with van der Waals surface area (Å²) < 4.78 is 0. The molecule has 3 aromatic rings. The van der Waals surface area contributed by atoms with E-state index in [2.05, 4.69) is 17.0 Å². The smallest absolute Gasteiger partial charge is 0.269 e. The molecular formula is C21H17N3O2. The van der Waals surface area contributed by atoms with Crippen LogP contribution in [0.2, 0.25) is 0 Å². The summed E-state index contributed by atoms with van der Waals surface area (Å²) in [5, 5.41) is 22.5. The zero-order chi connectivity index (χ0) is 18.7. The quantitative estimate of drug-likeness (QED) is 0.293. The first-order valence-electron chi connectivity index (χ1n) is 8.07. The fraction of sp³-hybridized carbons (Fsp3) is 0.0952. The van der Waals surface area contributed by atoms with Crippen molar-refractivity contribution in [1.29, 1.82) is 5.26 Å². The van der Waals surface area contributed by atoms with Crippen LogP contribution in [0.4, 0.5) is 11.4 Å². The summed E-state index contributed by atoms with van der Waals surface area (Å²) in [5.41, 5.74) is 3.15. The van der Waals surface area contributed by atoms with E-state index in [0.29, 0.717) is 11.1 Å². The van der Waals surface area contributed by atoms with E-state index in [4.69, 9.17) is 0 Å². The van der Waals surface area contributed by atoms with E-state index < -0.39 is 4.92 Å². The van der Waals surface area contributed by atoms with Crippen molar-refractivity contribution in [2.75, 3.05) is 19.0 Å². The molecule has 0 saturated heterocycles. The van der Waals surface area contributed by atoms with Gasteiger partial charge < -0.3 is 4.90 Å². The van der Waals surface area contributed by atoms with Gasteiger partial charge in [0.2, 0.25) is 0 Å². The molecule has 0 amide bonds. The molecule has 0 bridgehead atoms. The Hall–Kier alpha value is -3.65. The molecule has 0 aromatic heterocycles. The third-order valence-electron chi connectivity index (χ3n) is 4.23. The number of nitriles is 1. The van der Waals surface area contributed by atoms with Gasteiger partial charge in [-0.15, -0.1) is 0 Å². The van der Waals surface area contributed by atoms with E-state index in [-0.39, 0.29) is 5.69 Å². The van der Waals surface area contributed by atoms with E-state index in [1.807, 2.05) is 50.5 Å². The highest BCUT2D eigenvalue weighted by Gasteiger charge is 2.09. The van der Waals surface area contributed by atoms with Crippen molar-refractivity contribution in [3.8, 4) is 6.07 Å². The molecule has 0 saturated carbocycles. The Morgan fingerprint density at radius 2 is 1.69 bits per heavy atom. The van der Waals surface area contributed by atoms with Gasteiger partial charge in [-0.3, -0.25) is 10.1 Å². The highest BCUT2D eigenvalue weighted by Crippen LogP contribution is 2.31. The summed E-state index contributed by atoms with van der Waals surface area (Å²) in [5.74, 6) is 0. The monoisotopic (exact) mass is 343 g/mol. The first kappa shape index (κ1) is 17.2. The highest BCUT2D eigenvalue weighted by atomic mass is 16.6. The third kappa shape index (κ3) is 3.26. The SMILES string of the molecule is CN(C)c1ccc(/C=C(/C#N)c2ccc([N+](=O)[O-])cc2)c2ccccc12. The van der Waals surface area contributed by atoms with Crippen LogP contribution < -0.4 is 4.90 Å². The van der Waals surface area contributed by atoms with Crippen molar-refractivity contribution in [2.24, 2.45) is 0 Å². The summed E-state index contributed by atoms with van der Waals surface area (Å²) in [6.07, 6.45) is 1.82. The molecule has 0 N–H and O–H groups in total. The lowest BCUT2D eigenvalue weighted by Gasteiger charge is -2.16. The molecule has 0 aliphatic heterocycles. The molecular weight excluding hydrogens is 326 g/mol. The molecule has 0 unspecified atom stereocenters. The van der Waals surface area contributed by atoms with Crippen molar-refractivity contribution < 1.29 is 4.92 Å². The molecule has 5 heteroatoms. The molecule has 0 atom stereocenters. The van der Waals surface area contributed by atoms with Crippen LogP contribution in [0.5, 0.6) is 0 Å². The van der Waals surface area contributed by atoms with E-state index in [1.165, 1.54) is 12.1 Å². The minimum atomic E-state index is -0.451. The Labute approximate surface area is 151 Å². The number of anilines is 1. The Morgan fingerprint density at radius 3 is 2.27 bits per heavy atom. The molecule has 5 nitrogen and oxygen atoms in total. The normalized spacial score (nSPS) is 11.2. The lowest BCUT2D eigenvalue weighted by Crippen LogP contribution is -2.09. The van der Waals surface area contributed by atoms with Gasteiger partial charge in [0.25, 0.3) is 5.69 Å². The van der Waals surface area contributed by atoms with Crippen molar-refractivity contribution in [3.05, 3.63) is 81.9 Å². The number of nitro groups is 1. The molecule has 3 rings (SSSR count). The van der Waals surface area contributed by atoms with Crippen LogP contribution in [0.3, 0.4) is 0 Å². The van der Waals surface area contributed by atoms with Gasteiger partial charge in [-0.05, 0) is 40.8 Å². The van der Waals surface area contributed by atoms with Crippen LogP contribution in [0.15, 0.2) is 60.7 Å². The van der Waals surface area contributed by atoms with Gasteiger partial charge in [-0.2, -0.15) is 5.26 Å². The minimum Gasteiger partial charge on any atom is -0.377 e. The molecule has 0 aliphatic rings. The largest absolute Gasteiger partial charge is 0.377 e. The number of nitro benzene ring substituents is 1. The zero-order valence-electron chi connectivity index (χ0n) is 14.5. The predicted octanol–water partition coefficient (Wildman–Crippen LogP) is 4.88. The molecule has 0 fully saturated rings. The fourth-order valence-electron chi connectivity index (χ4n) is 2.92. The number of non-ortho nitro benzene ring substituents is 1. The maximum Gasteiger partial charge on any atom is 0.269 e. The van der Waals surface area contributed by atoms with Gasteiger partial charge in [-0.25, -0.2) is 0 Å². The third-order valence-corrected chi connectivity index (χ3v) is 4.23. The van der Waals surface area contributed by atoms with Crippen LogP contribution in [-0.2, 0) is 0 Å². The fourth-order valence-corrected chi connectivity index (χ4v) is 2.92. The lowest BCUT2D eigenvalue weighted by molar-refractivity contribution is -0.384. The number of nitrogens with zero attached hydrogens (tertiary/aromatic N) is 3. The molecule has 0 heterocycles. The highest BCUT2D eigenvalue weighted by molar-refractivity contribution is 6.03. The lowest BCUT2D eigenvalue weighted by atomic mass is 9.98. The van der Waals surface area contributed by atoms with Gasteiger partial charge >= 0.3 is 0 Å². The Kier molecular flexibility index (Phi) is 4.68. The Morgan fingerprint density at radius 1 is 1.04 bits per heavy atom. The minimum absolute atomic E-state index is 0.00632. The number of hydrogen-bond acceptors (Lipinski definition) is 4. The van der Waals surface area contributed by atoms with Crippen molar-refractivity contribution >= 4 is 33.8 Å². The van der Waals surface area contributed by atoms with Crippen molar-refractivity contribution in [2.45, 2.75) is 0 Å². The van der Waals surface area contributed by atoms with Gasteiger partial charge in [0.15, 0.2) is 0 Å². The average Bonchev–Trinajstić information content (AvgIpc) is 2.65. The summed E-state index contributed by atoms with van der Waals surface area (Å²) in [6.45, 7) is 0. The number of hydrogen-bond donors (Lipinski definition) is 0. The molecule has 0 radical (unpaired) electrons. The summed E-state index contributed by atoms with van der Waals surface area (Å²) in [7, 11) is 3.99. The summed E-state index contributed by atoms with van der Waals surface area (Å²) >= 11 is 0. The zero-order valence-corrected chi connectivity index (χ0v) is 14.5. The second kappa shape index (κ2) is 7.08. The van der Waals surface area contributed by atoms with Crippen molar-refractivity contribution in [3.63, 3.8) is 0 Å². The van der Waals surface area contributed by atoms with Gasteiger partial charge in [0.1, 0.15) is 0 Å². The average molecular weight is 343 g/mol. The Bertz CT molecular complexity index is 1050. The molecule has 3 aromatic carbocycles. The second-order valence-corrected chi connectivity index (χ2v) is 6.09. The Balaban J connectivity index is 2.12. The van der Waals surface area contributed by atoms with E-state index in [9.17, 15) is 15.4 Å². The van der Waals surface area contributed by atoms with Gasteiger partial charge in [0.05, 0.1) is 16.6 Å². The van der Waals surface area contributed by atoms with E-state index >= 15 is 0 Å². The van der Waals surface area contributed by atoms with E-state index in [0.717, 1.165) is 22.0 Å². The van der Waals surface area contributed by atoms with E-state index in [1.54, 1.807) is 12.1 Å². The van der Waals surface area contributed by atoms with Crippen molar-refractivity contribution in [1.82, 2.24) is 0 Å². The van der Waals surface area contributed by atoms with Crippen LogP contribution in [0.25, 0.3) is 22.4 Å². The second-order valence-electron chi connectivity index (χ2n) is 6.09. The molecule has 0 aliphatic carbocycles. The van der Waals surface area contributed by atoms with Crippen LogP contribution in [-0.4, -0.2) is 19.0 Å². The van der Waals surface area contributed by atoms with Crippen LogP contribution in [0.1, 0.15) is 11.1 Å². The number of rotatable bonds is 4. The summed E-state index contributed by atoms with van der Waals surface area (Å²) in [4.78, 5) is 12.4. The van der Waals surface area contributed by atoms with Crippen LogP contribution >= 0.6 is 0 Å².